The van der Waals surface area contributed by atoms with Crippen molar-refractivity contribution in [2.45, 2.75) is 25.2 Å². The SMILES string of the molecule is CN1CCc2cc(-c3nc(C4CC4)c(C(=O)O)s3)ccc21. The number of aromatic nitrogens is 1. The number of carbonyl (C=O) groups is 1. The number of anilines is 1. The van der Waals surface area contributed by atoms with Gasteiger partial charge in [-0.15, -0.1) is 11.3 Å². The molecule has 0 saturated heterocycles. The maximum Gasteiger partial charge on any atom is 0.347 e. The Labute approximate surface area is 127 Å². The minimum absolute atomic E-state index is 0.363. The fourth-order valence-electron chi connectivity index (χ4n) is 2.94. The lowest BCUT2D eigenvalue weighted by Crippen LogP contribution is -2.12. The first-order chi connectivity index (χ1) is 10.1. The Morgan fingerprint density at radius 3 is 2.95 bits per heavy atom. The summed E-state index contributed by atoms with van der Waals surface area (Å²) in [5.41, 5.74) is 4.44. The number of rotatable bonds is 3. The standard InChI is InChI=1S/C16H16N2O2S/c1-18-7-6-10-8-11(4-5-12(10)18)15-17-13(9-2-3-9)14(21-15)16(19)20/h4-5,8-9H,2-3,6-7H2,1H3,(H,19,20). The van der Waals surface area contributed by atoms with Gasteiger partial charge in [-0.1, -0.05) is 0 Å². The van der Waals surface area contributed by atoms with Crippen LogP contribution < -0.4 is 4.90 Å². The molecule has 1 fully saturated rings. The van der Waals surface area contributed by atoms with Gasteiger partial charge in [0.25, 0.3) is 0 Å². The summed E-state index contributed by atoms with van der Waals surface area (Å²) in [5, 5.41) is 10.2. The van der Waals surface area contributed by atoms with Gasteiger partial charge in [0.1, 0.15) is 9.88 Å². The number of carboxylic acid groups (broad SMARTS) is 1. The van der Waals surface area contributed by atoms with Crippen LogP contribution in [0.15, 0.2) is 18.2 Å². The molecule has 0 radical (unpaired) electrons. The molecule has 1 aliphatic carbocycles. The summed E-state index contributed by atoms with van der Waals surface area (Å²) in [4.78, 5) is 18.7. The van der Waals surface area contributed by atoms with Crippen molar-refractivity contribution in [3.8, 4) is 10.6 Å². The maximum atomic E-state index is 11.4. The predicted molar refractivity (Wildman–Crippen MR) is 83.5 cm³/mol. The molecule has 5 heteroatoms. The summed E-state index contributed by atoms with van der Waals surface area (Å²) in [6.45, 7) is 1.05. The molecule has 2 aliphatic rings. The van der Waals surface area contributed by atoms with Gasteiger partial charge in [0.2, 0.25) is 0 Å². The number of fused-ring (bicyclic) bond motifs is 1. The predicted octanol–water partition coefficient (Wildman–Crippen LogP) is 3.38. The molecule has 0 atom stereocenters. The Bertz CT molecular complexity index is 734. The fraction of sp³-hybridized carbons (Fsp3) is 0.375. The molecule has 1 aliphatic heterocycles. The summed E-state index contributed by atoms with van der Waals surface area (Å²) < 4.78 is 0. The van der Waals surface area contributed by atoms with Crippen LogP contribution in [0.25, 0.3) is 10.6 Å². The van der Waals surface area contributed by atoms with E-state index in [4.69, 9.17) is 0 Å². The highest BCUT2D eigenvalue weighted by molar-refractivity contribution is 7.17. The van der Waals surface area contributed by atoms with Crippen molar-refractivity contribution >= 4 is 23.0 Å². The molecule has 4 nitrogen and oxygen atoms in total. The second-order valence-electron chi connectivity index (χ2n) is 5.83. The second-order valence-corrected chi connectivity index (χ2v) is 6.83. The Kier molecular flexibility index (Phi) is 2.79. The molecule has 0 unspecified atom stereocenters. The van der Waals surface area contributed by atoms with E-state index in [1.165, 1.54) is 22.6 Å². The molecule has 2 aromatic rings. The lowest BCUT2D eigenvalue weighted by molar-refractivity contribution is 0.0700. The number of benzene rings is 1. The van der Waals surface area contributed by atoms with Crippen molar-refractivity contribution in [1.29, 1.82) is 0 Å². The van der Waals surface area contributed by atoms with E-state index in [0.717, 1.165) is 42.1 Å². The van der Waals surface area contributed by atoms with Crippen LogP contribution in [0.3, 0.4) is 0 Å². The maximum absolute atomic E-state index is 11.4. The van der Waals surface area contributed by atoms with E-state index in [1.807, 2.05) is 0 Å². The third-order valence-corrected chi connectivity index (χ3v) is 5.37. The minimum Gasteiger partial charge on any atom is -0.477 e. The minimum atomic E-state index is -0.846. The molecule has 2 heterocycles. The normalized spacial score (nSPS) is 17.1. The zero-order chi connectivity index (χ0) is 14.6. The number of hydrogen-bond donors (Lipinski definition) is 1. The van der Waals surface area contributed by atoms with Crippen LogP contribution in [0.2, 0.25) is 0 Å². The van der Waals surface area contributed by atoms with E-state index < -0.39 is 5.97 Å². The average molecular weight is 300 g/mol. The summed E-state index contributed by atoms with van der Waals surface area (Å²) in [5.74, 6) is -0.483. The van der Waals surface area contributed by atoms with Crippen LogP contribution in [0.5, 0.6) is 0 Å². The molecule has 4 rings (SSSR count). The quantitative estimate of drug-likeness (QED) is 0.944. The van der Waals surface area contributed by atoms with E-state index in [0.29, 0.717) is 10.8 Å². The Hall–Kier alpha value is -1.88. The van der Waals surface area contributed by atoms with Gasteiger partial charge in [-0.2, -0.15) is 0 Å². The lowest BCUT2D eigenvalue weighted by Gasteiger charge is -2.11. The highest BCUT2D eigenvalue weighted by Crippen LogP contribution is 2.44. The molecule has 0 amide bonds. The van der Waals surface area contributed by atoms with E-state index in [1.54, 1.807) is 0 Å². The van der Waals surface area contributed by atoms with Crippen molar-refractivity contribution in [1.82, 2.24) is 4.98 Å². The molecule has 108 valence electrons. The summed E-state index contributed by atoms with van der Waals surface area (Å²) >= 11 is 1.31. The number of likely N-dealkylation sites (N-methyl/N-ethyl adjacent to an activating group) is 1. The second kappa shape index (κ2) is 4.56. The van der Waals surface area contributed by atoms with Crippen LogP contribution in [-0.4, -0.2) is 29.7 Å². The van der Waals surface area contributed by atoms with E-state index in [9.17, 15) is 9.90 Å². The van der Waals surface area contributed by atoms with Crippen LogP contribution in [-0.2, 0) is 6.42 Å². The summed E-state index contributed by atoms with van der Waals surface area (Å²) in [7, 11) is 2.10. The fourth-order valence-corrected chi connectivity index (χ4v) is 3.93. The van der Waals surface area contributed by atoms with Gasteiger partial charge in [-0.05, 0) is 43.0 Å². The van der Waals surface area contributed by atoms with Gasteiger partial charge < -0.3 is 10.0 Å². The van der Waals surface area contributed by atoms with Crippen molar-refractivity contribution < 1.29 is 9.90 Å². The highest BCUT2D eigenvalue weighted by atomic mass is 32.1. The topological polar surface area (TPSA) is 53.4 Å². The van der Waals surface area contributed by atoms with Crippen LogP contribution >= 0.6 is 11.3 Å². The monoisotopic (exact) mass is 300 g/mol. The van der Waals surface area contributed by atoms with Crippen molar-refractivity contribution in [2.75, 3.05) is 18.5 Å². The first-order valence-electron chi connectivity index (χ1n) is 7.22. The molecule has 0 bridgehead atoms. The lowest BCUT2D eigenvalue weighted by atomic mass is 10.1. The van der Waals surface area contributed by atoms with Gasteiger partial charge >= 0.3 is 5.97 Å². The third kappa shape index (κ3) is 2.12. The van der Waals surface area contributed by atoms with Gasteiger partial charge in [-0.25, -0.2) is 9.78 Å². The first-order valence-corrected chi connectivity index (χ1v) is 8.03. The van der Waals surface area contributed by atoms with Gasteiger partial charge in [-0.3, -0.25) is 0 Å². The Morgan fingerprint density at radius 2 is 2.24 bits per heavy atom. The summed E-state index contributed by atoms with van der Waals surface area (Å²) in [6, 6.07) is 6.35. The molecule has 0 spiro atoms. The Balaban J connectivity index is 1.77. The molecular formula is C16H16N2O2S. The van der Waals surface area contributed by atoms with Gasteiger partial charge in [0, 0.05) is 30.8 Å². The van der Waals surface area contributed by atoms with E-state index >= 15 is 0 Å². The average Bonchev–Trinajstić information content (AvgIpc) is 3.11. The van der Waals surface area contributed by atoms with Crippen molar-refractivity contribution in [3.63, 3.8) is 0 Å². The molecular weight excluding hydrogens is 284 g/mol. The molecule has 1 N–H and O–H groups in total. The third-order valence-electron chi connectivity index (χ3n) is 4.27. The molecule has 1 aromatic heterocycles. The van der Waals surface area contributed by atoms with Crippen LogP contribution in [0.1, 0.15) is 39.7 Å². The molecule has 1 saturated carbocycles. The number of aromatic carboxylic acids is 1. The number of hydrogen-bond acceptors (Lipinski definition) is 4. The first kappa shape index (κ1) is 12.8. The summed E-state index contributed by atoms with van der Waals surface area (Å²) in [6.07, 6.45) is 3.18. The Morgan fingerprint density at radius 1 is 1.43 bits per heavy atom. The largest absolute Gasteiger partial charge is 0.477 e. The van der Waals surface area contributed by atoms with Crippen molar-refractivity contribution in [3.05, 3.63) is 34.3 Å². The van der Waals surface area contributed by atoms with Crippen LogP contribution in [0.4, 0.5) is 5.69 Å². The van der Waals surface area contributed by atoms with Crippen LogP contribution in [0, 0.1) is 0 Å². The van der Waals surface area contributed by atoms with Gasteiger partial charge in [0.15, 0.2) is 0 Å². The van der Waals surface area contributed by atoms with Gasteiger partial charge in [0.05, 0.1) is 5.69 Å². The molecule has 1 aromatic carbocycles. The smallest absolute Gasteiger partial charge is 0.347 e. The van der Waals surface area contributed by atoms with Crippen molar-refractivity contribution in [2.24, 2.45) is 0 Å². The van der Waals surface area contributed by atoms with E-state index in [2.05, 4.69) is 35.1 Å². The van der Waals surface area contributed by atoms with E-state index in [-0.39, 0.29) is 0 Å². The zero-order valence-electron chi connectivity index (χ0n) is 11.8. The number of nitrogens with zero attached hydrogens (tertiary/aromatic N) is 2. The number of thiazole rings is 1. The highest BCUT2D eigenvalue weighted by Gasteiger charge is 2.32. The number of carboxylic acids is 1. The zero-order valence-corrected chi connectivity index (χ0v) is 12.6. The molecule has 21 heavy (non-hydrogen) atoms.